The minimum absolute atomic E-state index is 0.0806. The van der Waals surface area contributed by atoms with Crippen LogP contribution in [0.15, 0.2) is 150 Å². The van der Waals surface area contributed by atoms with E-state index in [4.69, 9.17) is 5.73 Å². The van der Waals surface area contributed by atoms with Crippen molar-refractivity contribution in [3.63, 3.8) is 0 Å². The molecule has 0 bridgehead atoms. The molecule has 0 unspecified atom stereocenters. The summed E-state index contributed by atoms with van der Waals surface area (Å²) in [5.74, 6) is 0. The maximum atomic E-state index is 5.36. The number of nitrogen functional groups attached to an aromatic ring is 1. The molecule has 0 heterocycles. The highest BCUT2D eigenvalue weighted by Crippen LogP contribution is 2.50. The third kappa shape index (κ3) is 6.06. The number of para-hydroxylation sites is 2. The second kappa shape index (κ2) is 12.4. The monoisotopic (exact) mass is 650 g/mol. The second-order valence-corrected chi connectivity index (χ2v) is 13.6. The molecule has 0 aliphatic heterocycles. The Morgan fingerprint density at radius 3 is 1.42 bits per heavy atom. The molecule has 8 rings (SSSR count). The Bertz CT molecular complexity index is 1940. The minimum Gasteiger partial charge on any atom is -0.399 e. The van der Waals surface area contributed by atoms with Crippen molar-refractivity contribution in [2.24, 2.45) is 0 Å². The molecule has 6 aromatic carbocycles. The molecule has 224 valence electrons. The molecule has 2 aliphatic rings. The summed E-state index contributed by atoms with van der Waals surface area (Å²) in [6, 6.07) is 50.5. The molecular weight excluding hydrogens is 612 g/mol. The summed E-state index contributed by atoms with van der Waals surface area (Å²) in [5, 5.41) is 3.49. The molecular formula is C42H39BrN2. The normalized spacial score (nSPS) is 13.9. The van der Waals surface area contributed by atoms with E-state index in [-0.39, 0.29) is 10.8 Å². The summed E-state index contributed by atoms with van der Waals surface area (Å²) in [6.45, 7) is 9.21. The van der Waals surface area contributed by atoms with Gasteiger partial charge in [0.1, 0.15) is 0 Å². The molecule has 0 atom stereocenters. The van der Waals surface area contributed by atoms with Gasteiger partial charge in [-0.05, 0) is 93.0 Å². The standard InChI is InChI=1S/C21H19N.C15H13Br.C6H7N/c1-21(2)19-11-7-6-10-17(19)18-14-16(12-13-20(18)21)22-15-8-4-3-5-9-15;1-15(2)13-6-4-3-5-11(13)12-9-10(16)7-8-14(12)15;7-6-4-2-1-3-5-6/h3-14,22H,1-2H3;3-9H,1-2H3;1-5H,7H2. The van der Waals surface area contributed by atoms with Crippen LogP contribution in [0, 0.1) is 0 Å². The lowest BCUT2D eigenvalue weighted by Crippen LogP contribution is -2.14. The van der Waals surface area contributed by atoms with Gasteiger partial charge in [0.05, 0.1) is 0 Å². The van der Waals surface area contributed by atoms with Crippen molar-refractivity contribution < 1.29 is 0 Å². The predicted octanol–water partition coefficient (Wildman–Crippen LogP) is 11.8. The van der Waals surface area contributed by atoms with E-state index >= 15 is 0 Å². The number of nitrogens with one attached hydrogen (secondary N) is 1. The van der Waals surface area contributed by atoms with Gasteiger partial charge in [0.15, 0.2) is 0 Å². The smallest absolute Gasteiger partial charge is 0.0390 e. The number of halogens is 1. The van der Waals surface area contributed by atoms with Crippen LogP contribution in [0.1, 0.15) is 49.9 Å². The molecule has 0 radical (unpaired) electrons. The van der Waals surface area contributed by atoms with E-state index in [1.54, 1.807) is 0 Å². The van der Waals surface area contributed by atoms with E-state index in [1.807, 2.05) is 48.5 Å². The van der Waals surface area contributed by atoms with Gasteiger partial charge >= 0.3 is 0 Å². The van der Waals surface area contributed by atoms with Crippen LogP contribution in [-0.4, -0.2) is 0 Å². The zero-order valence-electron chi connectivity index (χ0n) is 26.3. The zero-order valence-corrected chi connectivity index (χ0v) is 27.9. The van der Waals surface area contributed by atoms with Crippen LogP contribution in [0.2, 0.25) is 0 Å². The van der Waals surface area contributed by atoms with Gasteiger partial charge in [0, 0.05) is 32.4 Å². The van der Waals surface area contributed by atoms with Crippen molar-refractivity contribution >= 4 is 33.0 Å². The lowest BCUT2D eigenvalue weighted by atomic mass is 9.82. The van der Waals surface area contributed by atoms with E-state index in [1.165, 1.54) is 44.5 Å². The predicted molar refractivity (Wildman–Crippen MR) is 196 cm³/mol. The summed E-state index contributed by atoms with van der Waals surface area (Å²) in [7, 11) is 0. The van der Waals surface area contributed by atoms with E-state index in [9.17, 15) is 0 Å². The molecule has 6 aromatic rings. The average molecular weight is 652 g/mol. The fourth-order valence-electron chi connectivity index (χ4n) is 6.63. The third-order valence-corrected chi connectivity index (χ3v) is 9.48. The van der Waals surface area contributed by atoms with Crippen molar-refractivity contribution in [3.8, 4) is 22.3 Å². The van der Waals surface area contributed by atoms with Gasteiger partial charge in [-0.2, -0.15) is 0 Å². The molecule has 2 aliphatic carbocycles. The highest BCUT2D eigenvalue weighted by atomic mass is 79.9. The van der Waals surface area contributed by atoms with E-state index < -0.39 is 0 Å². The van der Waals surface area contributed by atoms with Crippen LogP contribution >= 0.6 is 15.9 Å². The number of fused-ring (bicyclic) bond motifs is 6. The average Bonchev–Trinajstić information content (AvgIpc) is 3.42. The number of hydrogen-bond donors (Lipinski definition) is 2. The summed E-state index contributed by atoms with van der Waals surface area (Å²) in [5.41, 5.74) is 19.8. The minimum atomic E-state index is 0.0806. The molecule has 3 heteroatoms. The molecule has 3 N–H and O–H groups in total. The Hall–Kier alpha value is -4.60. The highest BCUT2D eigenvalue weighted by molar-refractivity contribution is 9.10. The van der Waals surface area contributed by atoms with Crippen molar-refractivity contribution in [2.45, 2.75) is 38.5 Å². The Balaban J connectivity index is 0.000000135. The molecule has 0 amide bonds. The van der Waals surface area contributed by atoms with Crippen LogP contribution in [-0.2, 0) is 10.8 Å². The Morgan fingerprint density at radius 2 is 0.889 bits per heavy atom. The fourth-order valence-corrected chi connectivity index (χ4v) is 6.99. The third-order valence-electron chi connectivity index (χ3n) is 8.99. The summed E-state index contributed by atoms with van der Waals surface area (Å²) >= 11 is 3.55. The van der Waals surface area contributed by atoms with Gasteiger partial charge in [-0.1, -0.05) is 141 Å². The molecule has 0 saturated heterocycles. The first-order valence-electron chi connectivity index (χ1n) is 15.4. The molecule has 0 spiro atoms. The Labute approximate surface area is 276 Å². The first-order chi connectivity index (χ1) is 21.7. The SMILES string of the molecule is CC1(C)c2ccccc2-c2cc(Br)ccc21.CC1(C)c2ccccc2-c2cc(Nc3ccccc3)ccc21.Nc1ccccc1. The topological polar surface area (TPSA) is 38.0 Å². The van der Waals surface area contributed by atoms with Crippen LogP contribution < -0.4 is 11.1 Å². The maximum Gasteiger partial charge on any atom is 0.0390 e. The van der Waals surface area contributed by atoms with Gasteiger partial charge < -0.3 is 11.1 Å². The second-order valence-electron chi connectivity index (χ2n) is 12.7. The van der Waals surface area contributed by atoms with Crippen LogP contribution in [0.3, 0.4) is 0 Å². The number of rotatable bonds is 2. The van der Waals surface area contributed by atoms with Crippen molar-refractivity contribution in [1.82, 2.24) is 0 Å². The number of benzene rings is 6. The van der Waals surface area contributed by atoms with Gasteiger partial charge in [0.2, 0.25) is 0 Å². The van der Waals surface area contributed by atoms with E-state index in [0.717, 1.165) is 21.5 Å². The largest absolute Gasteiger partial charge is 0.399 e. The number of hydrogen-bond acceptors (Lipinski definition) is 2. The highest BCUT2D eigenvalue weighted by Gasteiger charge is 2.36. The Morgan fingerprint density at radius 1 is 0.444 bits per heavy atom. The van der Waals surface area contributed by atoms with Crippen LogP contribution in [0.25, 0.3) is 22.3 Å². The quantitative estimate of drug-likeness (QED) is 0.183. The van der Waals surface area contributed by atoms with Crippen molar-refractivity contribution in [1.29, 1.82) is 0 Å². The first-order valence-corrected chi connectivity index (χ1v) is 16.2. The van der Waals surface area contributed by atoms with E-state index in [0.29, 0.717) is 0 Å². The van der Waals surface area contributed by atoms with E-state index in [2.05, 4.69) is 146 Å². The number of anilines is 3. The molecule has 0 aromatic heterocycles. The fraction of sp³-hybridized carbons (Fsp3) is 0.143. The Kier molecular flexibility index (Phi) is 8.40. The van der Waals surface area contributed by atoms with Gasteiger partial charge in [-0.25, -0.2) is 0 Å². The number of nitrogens with two attached hydrogens (primary N) is 1. The summed E-state index contributed by atoms with van der Waals surface area (Å²) < 4.78 is 1.15. The van der Waals surface area contributed by atoms with Crippen molar-refractivity contribution in [2.75, 3.05) is 11.1 Å². The molecule has 2 nitrogen and oxygen atoms in total. The van der Waals surface area contributed by atoms with Crippen LogP contribution in [0.4, 0.5) is 17.1 Å². The summed E-state index contributed by atoms with van der Waals surface area (Å²) in [6.07, 6.45) is 0. The van der Waals surface area contributed by atoms with Crippen LogP contribution in [0.5, 0.6) is 0 Å². The van der Waals surface area contributed by atoms with Crippen molar-refractivity contribution in [3.05, 3.63) is 172 Å². The lowest BCUT2D eigenvalue weighted by Gasteiger charge is -2.21. The zero-order chi connectivity index (χ0) is 31.6. The lowest BCUT2D eigenvalue weighted by molar-refractivity contribution is 0.660. The van der Waals surface area contributed by atoms with Gasteiger partial charge in [0.25, 0.3) is 0 Å². The van der Waals surface area contributed by atoms with Gasteiger partial charge in [-0.3, -0.25) is 0 Å². The molecule has 0 fully saturated rings. The van der Waals surface area contributed by atoms with Gasteiger partial charge in [-0.15, -0.1) is 0 Å². The molecule has 0 saturated carbocycles. The molecule has 45 heavy (non-hydrogen) atoms. The summed E-state index contributed by atoms with van der Waals surface area (Å²) in [4.78, 5) is 0. The maximum absolute atomic E-state index is 5.36. The first kappa shape index (κ1) is 30.4.